The van der Waals surface area contributed by atoms with Crippen LogP contribution in [0.25, 0.3) is 0 Å². The van der Waals surface area contributed by atoms with E-state index in [1.165, 1.54) is 0 Å². The molecule has 56 valence electrons. The van der Waals surface area contributed by atoms with Crippen molar-refractivity contribution in [1.29, 1.82) is 0 Å². The molecule has 0 saturated carbocycles. The van der Waals surface area contributed by atoms with Gasteiger partial charge in [0, 0.05) is 0 Å². The van der Waals surface area contributed by atoms with Crippen LogP contribution in [0.3, 0.4) is 0 Å². The van der Waals surface area contributed by atoms with Gasteiger partial charge in [0.25, 0.3) is 0 Å². The molecule has 1 aliphatic rings. The van der Waals surface area contributed by atoms with Crippen molar-refractivity contribution in [3.05, 3.63) is 0 Å². The highest BCUT2D eigenvalue weighted by Gasteiger charge is 2.32. The Balaban J connectivity index is 2.46. The minimum atomic E-state index is -0.581. The molecule has 3 nitrogen and oxygen atoms in total. The van der Waals surface area contributed by atoms with E-state index in [1.54, 1.807) is 0 Å². The monoisotopic (exact) mass is 146 g/mol. The summed E-state index contributed by atoms with van der Waals surface area (Å²) in [6, 6.07) is 0. The fourth-order valence-corrected chi connectivity index (χ4v) is 0.873. The molecule has 1 heterocycles. The molecule has 0 bridgehead atoms. The molecule has 1 fully saturated rings. The van der Waals surface area contributed by atoms with Gasteiger partial charge < -0.3 is 4.74 Å². The predicted octanol–water partition coefficient (Wildman–Crippen LogP) is 0.436. The lowest BCUT2D eigenvalue weighted by atomic mass is 10.1. The van der Waals surface area contributed by atoms with E-state index in [0.29, 0.717) is 0 Å². The average molecular weight is 146 g/mol. The van der Waals surface area contributed by atoms with E-state index in [2.05, 4.69) is 4.74 Å². The van der Waals surface area contributed by atoms with Crippen LogP contribution in [0.4, 0.5) is 4.39 Å². The van der Waals surface area contributed by atoms with Gasteiger partial charge in [-0.25, -0.2) is 0 Å². The second kappa shape index (κ2) is 2.77. The van der Waals surface area contributed by atoms with Crippen LogP contribution in [-0.4, -0.2) is 18.6 Å². The lowest BCUT2D eigenvalue weighted by Crippen LogP contribution is -2.07. The highest BCUT2D eigenvalue weighted by molar-refractivity contribution is 5.94. The lowest BCUT2D eigenvalue weighted by molar-refractivity contribution is -0.153. The van der Waals surface area contributed by atoms with Gasteiger partial charge in [-0.05, 0) is 6.42 Å². The number of halogens is 1. The zero-order valence-corrected chi connectivity index (χ0v) is 5.30. The third-order valence-electron chi connectivity index (χ3n) is 1.42. The molecule has 0 radical (unpaired) electrons. The van der Waals surface area contributed by atoms with E-state index in [9.17, 15) is 14.0 Å². The first-order valence-corrected chi connectivity index (χ1v) is 3.04. The van der Waals surface area contributed by atoms with Crippen LogP contribution in [-0.2, 0) is 14.3 Å². The summed E-state index contributed by atoms with van der Waals surface area (Å²) in [5, 5.41) is 0. The number of cyclic esters (lactones) is 2. The summed E-state index contributed by atoms with van der Waals surface area (Å²) >= 11 is 0. The van der Waals surface area contributed by atoms with Gasteiger partial charge in [-0.3, -0.25) is 14.0 Å². The summed E-state index contributed by atoms with van der Waals surface area (Å²) in [6.07, 6.45) is 0.146. The number of alkyl halides is 1. The molecule has 1 unspecified atom stereocenters. The number of ether oxygens (including phenoxy) is 1. The molecule has 1 aliphatic heterocycles. The van der Waals surface area contributed by atoms with Crippen LogP contribution < -0.4 is 0 Å². The number of esters is 2. The number of hydrogen-bond acceptors (Lipinski definition) is 3. The third kappa shape index (κ3) is 1.32. The fraction of sp³-hybridized carbons (Fsp3) is 0.667. The SMILES string of the molecule is O=C1CC(CCF)C(=O)O1. The Hall–Kier alpha value is -0.930. The first kappa shape index (κ1) is 7.18. The van der Waals surface area contributed by atoms with Gasteiger partial charge in [0.15, 0.2) is 0 Å². The summed E-state index contributed by atoms with van der Waals surface area (Å²) in [5.74, 6) is -1.65. The third-order valence-corrected chi connectivity index (χ3v) is 1.42. The zero-order chi connectivity index (χ0) is 7.56. The van der Waals surface area contributed by atoms with Crippen molar-refractivity contribution < 1.29 is 18.7 Å². The topological polar surface area (TPSA) is 43.4 Å². The van der Waals surface area contributed by atoms with Gasteiger partial charge in [-0.2, -0.15) is 0 Å². The predicted molar refractivity (Wildman–Crippen MR) is 29.8 cm³/mol. The van der Waals surface area contributed by atoms with Crippen LogP contribution in [0, 0.1) is 5.92 Å². The standard InChI is InChI=1S/C6H7FO3/c7-2-1-4-3-5(8)10-6(4)9/h4H,1-3H2. The van der Waals surface area contributed by atoms with E-state index < -0.39 is 24.5 Å². The molecule has 0 amide bonds. The summed E-state index contributed by atoms with van der Waals surface area (Å²) < 4.78 is 15.8. The van der Waals surface area contributed by atoms with Crippen LogP contribution in [0.2, 0.25) is 0 Å². The highest BCUT2D eigenvalue weighted by Crippen LogP contribution is 2.18. The van der Waals surface area contributed by atoms with E-state index in [4.69, 9.17) is 0 Å². The molecule has 1 rings (SSSR count). The number of hydrogen-bond donors (Lipinski definition) is 0. The van der Waals surface area contributed by atoms with Crippen LogP contribution >= 0.6 is 0 Å². The minimum absolute atomic E-state index is 0.0444. The molecule has 0 aromatic rings. The van der Waals surface area contributed by atoms with Crippen molar-refractivity contribution in [1.82, 2.24) is 0 Å². The minimum Gasteiger partial charge on any atom is -0.393 e. The highest BCUT2D eigenvalue weighted by atomic mass is 19.1. The van der Waals surface area contributed by atoms with Gasteiger partial charge in [0.2, 0.25) is 0 Å². The summed E-state index contributed by atoms with van der Waals surface area (Å²) in [5.41, 5.74) is 0. The maximum Gasteiger partial charge on any atom is 0.317 e. The van der Waals surface area contributed by atoms with Crippen LogP contribution in [0.1, 0.15) is 12.8 Å². The molecule has 0 spiro atoms. The van der Waals surface area contributed by atoms with Crippen molar-refractivity contribution in [3.8, 4) is 0 Å². The number of rotatable bonds is 2. The Bertz CT molecular complexity index is 166. The van der Waals surface area contributed by atoms with Crippen LogP contribution in [0.15, 0.2) is 0 Å². The normalized spacial score (nSPS) is 25.1. The summed E-state index contributed by atoms with van der Waals surface area (Å²) in [7, 11) is 0. The quantitative estimate of drug-likeness (QED) is 0.419. The Morgan fingerprint density at radius 3 is 2.70 bits per heavy atom. The van der Waals surface area contributed by atoms with Crippen molar-refractivity contribution >= 4 is 11.9 Å². The second-order valence-corrected chi connectivity index (χ2v) is 2.17. The molecule has 1 atom stereocenters. The van der Waals surface area contributed by atoms with Crippen molar-refractivity contribution in [3.63, 3.8) is 0 Å². The van der Waals surface area contributed by atoms with E-state index in [-0.39, 0.29) is 12.8 Å². The van der Waals surface area contributed by atoms with Crippen molar-refractivity contribution in [2.24, 2.45) is 5.92 Å². The number of carbonyl (C=O) groups excluding carboxylic acids is 2. The maximum atomic E-state index is 11.6. The summed E-state index contributed by atoms with van der Waals surface area (Å²) in [4.78, 5) is 20.9. The van der Waals surface area contributed by atoms with Crippen molar-refractivity contribution in [2.45, 2.75) is 12.8 Å². The Morgan fingerprint density at radius 2 is 2.30 bits per heavy atom. The maximum absolute atomic E-state index is 11.6. The zero-order valence-electron chi connectivity index (χ0n) is 5.30. The molecule has 0 aromatic carbocycles. The van der Waals surface area contributed by atoms with E-state index >= 15 is 0 Å². The van der Waals surface area contributed by atoms with Crippen molar-refractivity contribution in [2.75, 3.05) is 6.67 Å². The van der Waals surface area contributed by atoms with Gasteiger partial charge >= 0.3 is 11.9 Å². The molecule has 1 saturated heterocycles. The van der Waals surface area contributed by atoms with Gasteiger partial charge in [0.05, 0.1) is 19.0 Å². The first-order valence-electron chi connectivity index (χ1n) is 3.04. The molecule has 10 heavy (non-hydrogen) atoms. The molecule has 0 N–H and O–H groups in total. The van der Waals surface area contributed by atoms with Crippen LogP contribution in [0.5, 0.6) is 0 Å². The van der Waals surface area contributed by atoms with E-state index in [0.717, 1.165) is 0 Å². The van der Waals surface area contributed by atoms with Gasteiger partial charge in [-0.1, -0.05) is 0 Å². The molecule has 0 aliphatic carbocycles. The molecule has 4 heteroatoms. The Morgan fingerprint density at radius 1 is 1.60 bits per heavy atom. The van der Waals surface area contributed by atoms with Gasteiger partial charge in [0.1, 0.15) is 0 Å². The Kier molecular flexibility index (Phi) is 1.99. The molecular weight excluding hydrogens is 139 g/mol. The number of carbonyl (C=O) groups is 2. The second-order valence-electron chi connectivity index (χ2n) is 2.17. The summed E-state index contributed by atoms with van der Waals surface area (Å²) in [6.45, 7) is -0.576. The first-order chi connectivity index (χ1) is 4.74. The smallest absolute Gasteiger partial charge is 0.317 e. The van der Waals surface area contributed by atoms with Gasteiger partial charge in [-0.15, -0.1) is 0 Å². The average Bonchev–Trinajstić information content (AvgIpc) is 2.13. The molecule has 0 aromatic heterocycles. The Labute approximate surface area is 57.2 Å². The fourth-order valence-electron chi connectivity index (χ4n) is 0.873. The largest absolute Gasteiger partial charge is 0.393 e. The molecular formula is C6H7FO3. The van der Waals surface area contributed by atoms with E-state index in [1.807, 2.05) is 0 Å². The lowest BCUT2D eigenvalue weighted by Gasteiger charge is -1.96.